The summed E-state index contributed by atoms with van der Waals surface area (Å²) in [6, 6.07) is 4.94. The van der Waals surface area contributed by atoms with E-state index in [1.54, 1.807) is 6.07 Å². The van der Waals surface area contributed by atoms with E-state index in [0.717, 1.165) is 12.0 Å². The molecule has 1 aromatic carbocycles. The largest absolute Gasteiger partial charge is 0.491 e. The van der Waals surface area contributed by atoms with Crippen LogP contribution in [0.5, 0.6) is 5.75 Å². The van der Waals surface area contributed by atoms with Gasteiger partial charge in [0.2, 0.25) is 11.8 Å². The van der Waals surface area contributed by atoms with Crippen molar-refractivity contribution in [2.75, 3.05) is 18.5 Å². The minimum atomic E-state index is -0.620. The SMILES string of the molecule is CCCOc1cc(C)ccc1NC(=O)CNC(=O)[C@@H](N)C(C)C.Cl. The number of benzene rings is 1. The quantitative estimate of drug-likeness (QED) is 0.665. The van der Waals surface area contributed by atoms with E-state index in [1.165, 1.54) is 0 Å². The summed E-state index contributed by atoms with van der Waals surface area (Å²) in [7, 11) is 0. The van der Waals surface area contributed by atoms with Gasteiger partial charge in [-0.3, -0.25) is 9.59 Å². The lowest BCUT2D eigenvalue weighted by Crippen LogP contribution is -2.46. The third-order valence-electron chi connectivity index (χ3n) is 3.32. The molecule has 0 fully saturated rings. The third kappa shape index (κ3) is 7.19. The van der Waals surface area contributed by atoms with Crippen LogP contribution in [0.3, 0.4) is 0 Å². The molecule has 0 heterocycles. The molecule has 4 N–H and O–H groups in total. The van der Waals surface area contributed by atoms with Gasteiger partial charge in [-0.25, -0.2) is 0 Å². The Labute approximate surface area is 149 Å². The standard InChI is InChI=1S/C17H27N3O3.ClH/c1-5-8-23-14-9-12(4)6-7-13(14)20-15(21)10-19-17(22)16(18)11(2)3;/h6-7,9,11,16H,5,8,10,18H2,1-4H3,(H,19,22)(H,20,21);1H/t16-;/m0./s1. The Morgan fingerprint density at radius 3 is 2.54 bits per heavy atom. The number of carbonyl (C=O) groups is 2. The number of ether oxygens (including phenoxy) is 1. The molecule has 0 aromatic heterocycles. The van der Waals surface area contributed by atoms with E-state index in [-0.39, 0.29) is 36.7 Å². The predicted molar refractivity (Wildman–Crippen MR) is 98.7 cm³/mol. The first-order valence-corrected chi connectivity index (χ1v) is 7.91. The van der Waals surface area contributed by atoms with Crippen LogP contribution in [0.15, 0.2) is 18.2 Å². The molecular weight excluding hydrogens is 330 g/mol. The zero-order chi connectivity index (χ0) is 17.4. The second-order valence-electron chi connectivity index (χ2n) is 5.88. The molecule has 2 amide bonds. The van der Waals surface area contributed by atoms with Gasteiger partial charge in [-0.05, 0) is 37.0 Å². The maximum Gasteiger partial charge on any atom is 0.243 e. The molecular formula is C17H28ClN3O3. The monoisotopic (exact) mass is 357 g/mol. The Balaban J connectivity index is 0.00000529. The van der Waals surface area contributed by atoms with Crippen LogP contribution in [0.25, 0.3) is 0 Å². The zero-order valence-corrected chi connectivity index (χ0v) is 15.5. The van der Waals surface area contributed by atoms with Crippen molar-refractivity contribution in [1.82, 2.24) is 5.32 Å². The summed E-state index contributed by atoms with van der Waals surface area (Å²) in [6.07, 6.45) is 0.879. The summed E-state index contributed by atoms with van der Waals surface area (Å²) in [6.45, 7) is 8.13. The average Bonchev–Trinajstić information content (AvgIpc) is 2.51. The van der Waals surface area contributed by atoms with Crippen LogP contribution in [0.2, 0.25) is 0 Å². The molecule has 0 saturated carbocycles. The number of amides is 2. The normalized spacial score (nSPS) is 11.4. The highest BCUT2D eigenvalue weighted by atomic mass is 35.5. The molecule has 1 rings (SSSR count). The molecule has 0 aliphatic rings. The second kappa shape index (κ2) is 10.9. The van der Waals surface area contributed by atoms with Crippen molar-refractivity contribution in [2.45, 2.75) is 40.2 Å². The van der Waals surface area contributed by atoms with Gasteiger partial charge in [-0.2, -0.15) is 0 Å². The third-order valence-corrected chi connectivity index (χ3v) is 3.32. The zero-order valence-electron chi connectivity index (χ0n) is 14.7. The van der Waals surface area contributed by atoms with Crippen LogP contribution in [0.1, 0.15) is 32.8 Å². The topological polar surface area (TPSA) is 93.5 Å². The Morgan fingerprint density at radius 1 is 1.29 bits per heavy atom. The molecule has 24 heavy (non-hydrogen) atoms. The smallest absolute Gasteiger partial charge is 0.243 e. The Bertz CT molecular complexity index is 550. The number of nitrogens with one attached hydrogen (secondary N) is 2. The van der Waals surface area contributed by atoms with Crippen molar-refractivity contribution in [3.05, 3.63) is 23.8 Å². The van der Waals surface area contributed by atoms with Gasteiger partial charge in [-0.15, -0.1) is 12.4 Å². The first kappa shape index (κ1) is 22.2. The van der Waals surface area contributed by atoms with E-state index < -0.39 is 6.04 Å². The lowest BCUT2D eigenvalue weighted by atomic mass is 10.1. The number of hydrogen-bond donors (Lipinski definition) is 3. The molecule has 6 nitrogen and oxygen atoms in total. The highest BCUT2D eigenvalue weighted by molar-refractivity contribution is 5.96. The van der Waals surface area contributed by atoms with Gasteiger partial charge >= 0.3 is 0 Å². The molecule has 0 spiro atoms. The first-order valence-electron chi connectivity index (χ1n) is 7.91. The van der Waals surface area contributed by atoms with Crippen LogP contribution in [0, 0.1) is 12.8 Å². The van der Waals surface area contributed by atoms with Gasteiger partial charge in [0.25, 0.3) is 0 Å². The summed E-state index contributed by atoms with van der Waals surface area (Å²) in [5.41, 5.74) is 7.37. The van der Waals surface area contributed by atoms with Gasteiger partial charge < -0.3 is 21.1 Å². The summed E-state index contributed by atoms with van der Waals surface area (Å²) >= 11 is 0. The van der Waals surface area contributed by atoms with Gasteiger partial charge in [-0.1, -0.05) is 26.8 Å². The second-order valence-corrected chi connectivity index (χ2v) is 5.88. The predicted octanol–water partition coefficient (Wildman–Crippen LogP) is 2.24. The van der Waals surface area contributed by atoms with Crippen LogP contribution in [-0.2, 0) is 9.59 Å². The van der Waals surface area contributed by atoms with E-state index in [4.69, 9.17) is 10.5 Å². The highest BCUT2D eigenvalue weighted by Crippen LogP contribution is 2.25. The highest BCUT2D eigenvalue weighted by Gasteiger charge is 2.18. The fourth-order valence-electron chi connectivity index (χ4n) is 1.85. The Hall–Kier alpha value is -1.79. The first-order chi connectivity index (χ1) is 10.8. The number of carbonyl (C=O) groups excluding carboxylic acids is 2. The molecule has 1 aromatic rings. The van der Waals surface area contributed by atoms with Gasteiger partial charge in [0.05, 0.1) is 24.9 Å². The van der Waals surface area contributed by atoms with Gasteiger partial charge in [0, 0.05) is 0 Å². The molecule has 0 radical (unpaired) electrons. The summed E-state index contributed by atoms with van der Waals surface area (Å²) in [5.74, 6) is -0.00404. The van der Waals surface area contributed by atoms with Crippen molar-refractivity contribution >= 4 is 29.9 Å². The lowest BCUT2D eigenvalue weighted by Gasteiger charge is -2.16. The molecule has 0 aliphatic heterocycles. The van der Waals surface area contributed by atoms with E-state index >= 15 is 0 Å². The number of nitrogens with two attached hydrogens (primary N) is 1. The van der Waals surface area contributed by atoms with Crippen LogP contribution < -0.4 is 21.1 Å². The summed E-state index contributed by atoms with van der Waals surface area (Å²) < 4.78 is 5.64. The Morgan fingerprint density at radius 2 is 1.96 bits per heavy atom. The maximum absolute atomic E-state index is 12.0. The van der Waals surface area contributed by atoms with E-state index in [1.807, 2.05) is 39.8 Å². The van der Waals surface area contributed by atoms with E-state index in [9.17, 15) is 9.59 Å². The molecule has 1 atom stereocenters. The van der Waals surface area contributed by atoms with Crippen molar-refractivity contribution in [2.24, 2.45) is 11.7 Å². The molecule has 0 aliphatic carbocycles. The average molecular weight is 358 g/mol. The van der Waals surface area contributed by atoms with Gasteiger partial charge in [0.15, 0.2) is 0 Å². The van der Waals surface area contributed by atoms with Crippen molar-refractivity contribution in [1.29, 1.82) is 0 Å². The van der Waals surface area contributed by atoms with Crippen LogP contribution in [-0.4, -0.2) is 31.0 Å². The Kier molecular flexibility index (Phi) is 10.1. The van der Waals surface area contributed by atoms with Crippen molar-refractivity contribution in [3.63, 3.8) is 0 Å². The molecule has 136 valence electrons. The summed E-state index contributed by atoms with van der Waals surface area (Å²) in [5, 5.41) is 5.29. The molecule has 7 heteroatoms. The molecule has 0 unspecified atom stereocenters. The lowest BCUT2D eigenvalue weighted by molar-refractivity contribution is -0.125. The fourth-order valence-corrected chi connectivity index (χ4v) is 1.85. The number of rotatable bonds is 8. The number of hydrogen-bond acceptors (Lipinski definition) is 4. The van der Waals surface area contributed by atoms with Crippen molar-refractivity contribution in [3.8, 4) is 5.75 Å². The minimum Gasteiger partial charge on any atom is -0.491 e. The van der Waals surface area contributed by atoms with Gasteiger partial charge in [0.1, 0.15) is 5.75 Å². The van der Waals surface area contributed by atoms with Crippen LogP contribution in [0.4, 0.5) is 5.69 Å². The minimum absolute atomic E-state index is 0. The van der Waals surface area contributed by atoms with Crippen LogP contribution >= 0.6 is 12.4 Å². The maximum atomic E-state index is 12.0. The summed E-state index contributed by atoms with van der Waals surface area (Å²) in [4.78, 5) is 23.8. The fraction of sp³-hybridized carbons (Fsp3) is 0.529. The van der Waals surface area contributed by atoms with E-state index in [0.29, 0.717) is 18.0 Å². The number of halogens is 1. The molecule has 0 bridgehead atoms. The molecule has 0 saturated heterocycles. The number of aryl methyl sites for hydroxylation is 1. The number of anilines is 1. The van der Waals surface area contributed by atoms with E-state index in [2.05, 4.69) is 10.6 Å². The van der Waals surface area contributed by atoms with Crippen molar-refractivity contribution < 1.29 is 14.3 Å².